The number of piperidine rings is 2. The van der Waals surface area contributed by atoms with Crippen molar-refractivity contribution < 1.29 is 28.7 Å². The molecule has 0 radical (unpaired) electrons. The minimum atomic E-state index is -0.389. The Bertz CT molecular complexity index is 3590. The third-order valence-corrected chi connectivity index (χ3v) is 21.9. The summed E-state index contributed by atoms with van der Waals surface area (Å²) in [6.07, 6.45) is 8.90. The van der Waals surface area contributed by atoms with E-state index in [1.165, 1.54) is 15.7 Å². The summed E-state index contributed by atoms with van der Waals surface area (Å²) >= 11 is 14.2. The number of rotatable bonds is 15. The summed E-state index contributed by atoms with van der Waals surface area (Å²) in [5.41, 5.74) is 6.92. The van der Waals surface area contributed by atoms with Crippen molar-refractivity contribution >= 4 is 79.6 Å². The van der Waals surface area contributed by atoms with E-state index in [-0.39, 0.29) is 46.4 Å². The Morgan fingerprint density at radius 3 is 1.80 bits per heavy atom. The SMILES string of the molecule is CON(C)C(=O)[C@]12CC[C@H]1CN(c1nc(OC[C@@H]3CCCN3C)nc3c1CCN(c1cccc4c(C5C[C@@H](COc6nc7c(c(N8CC[C@]9(C(=O)N(C)OC)C[C@@H]9C8)n6)CCN(c6cccc8cccc(Cl)c68)C7)N(C)C5)ccc(Cl)c14)C3)CC2. The van der Waals surface area contributed by atoms with Crippen LogP contribution in [-0.2, 0) is 45.2 Å². The summed E-state index contributed by atoms with van der Waals surface area (Å²) in [6.45, 7) is 8.56. The molecule has 18 nitrogen and oxygen atoms in total. The normalized spacial score (nSPS) is 26.4. The van der Waals surface area contributed by atoms with Crippen molar-refractivity contribution in [2.24, 2.45) is 22.7 Å². The lowest BCUT2D eigenvalue weighted by Crippen LogP contribution is -2.60. The summed E-state index contributed by atoms with van der Waals surface area (Å²) in [4.78, 5) is 73.2. The molecule has 20 heteroatoms. The van der Waals surface area contributed by atoms with E-state index < -0.39 is 0 Å². The van der Waals surface area contributed by atoms with Crippen molar-refractivity contribution in [2.45, 2.75) is 95.3 Å². The largest absolute Gasteiger partial charge is 0.462 e. The topological polar surface area (TPSA) is 149 Å². The van der Waals surface area contributed by atoms with Crippen LogP contribution in [0.3, 0.4) is 0 Å². The zero-order valence-corrected chi connectivity index (χ0v) is 51.4. The maximum atomic E-state index is 13.7. The average molecular weight is 1190 g/mol. The molecule has 2 saturated carbocycles. The van der Waals surface area contributed by atoms with Gasteiger partial charge in [0.25, 0.3) is 11.8 Å². The smallest absolute Gasteiger partial charge is 0.318 e. The van der Waals surface area contributed by atoms with Crippen LogP contribution >= 0.6 is 23.2 Å². The standard InChI is InChI=1S/C65H78Cl2N12O6/c1-72-26-10-13-44(72)38-84-62-68-53-37-77(28-22-48(53)58(70-62)78-29-24-64(23-20-42(64)34-78)60(80)74(3)82-5)55-17-9-14-47-46(18-19-51(67)57(47)55)41-31-45(73(2)33-41)39-85-63-69-52-36-76(54-16-8-12-40-11-7-15-50(66)56(40)54)27-21-49(52)59(71-63)79-30-25-65(32-43(65)35-79)61(81)75(4)83-6/h7-9,11-12,14-19,41-45H,10,13,20-39H2,1-6H3/t41?,42-,43+,44-,45-,64-,65-/m0/s1. The third kappa shape index (κ3) is 9.94. The van der Waals surface area contributed by atoms with Crippen LogP contribution in [0.5, 0.6) is 12.0 Å². The molecule has 6 fully saturated rings. The minimum Gasteiger partial charge on any atom is -0.462 e. The van der Waals surface area contributed by atoms with Crippen LogP contribution < -0.4 is 29.1 Å². The Kier molecular flexibility index (Phi) is 14.9. The van der Waals surface area contributed by atoms with Gasteiger partial charge in [-0.1, -0.05) is 65.7 Å². The first-order chi connectivity index (χ1) is 41.2. The Morgan fingerprint density at radius 2 is 1.20 bits per heavy atom. The van der Waals surface area contributed by atoms with Gasteiger partial charge in [-0.05, 0) is 143 Å². The summed E-state index contributed by atoms with van der Waals surface area (Å²) < 4.78 is 13.4. The van der Waals surface area contributed by atoms with Gasteiger partial charge in [-0.25, -0.2) is 10.1 Å². The number of hydroxylamine groups is 4. The molecule has 2 aromatic heterocycles. The fraction of sp³-hybridized carbons (Fsp3) is 0.538. The summed E-state index contributed by atoms with van der Waals surface area (Å²) in [6, 6.07) is 24.6. The van der Waals surface area contributed by atoms with E-state index in [0.717, 1.165) is 187 Å². The van der Waals surface area contributed by atoms with Gasteiger partial charge in [0.05, 0.1) is 59.6 Å². The number of likely N-dealkylation sites (N-methyl/N-ethyl adjacent to an activating group) is 2. The number of hydrogen-bond donors (Lipinski definition) is 0. The number of carbonyl (C=O) groups excluding carboxylic acids is 2. The Morgan fingerprint density at radius 1 is 0.612 bits per heavy atom. The van der Waals surface area contributed by atoms with E-state index in [0.29, 0.717) is 50.9 Å². The lowest BCUT2D eigenvalue weighted by molar-refractivity contribution is -0.193. The lowest BCUT2D eigenvalue weighted by atomic mass is 9.56. The monoisotopic (exact) mass is 1190 g/mol. The van der Waals surface area contributed by atoms with Gasteiger partial charge in [0.15, 0.2) is 0 Å². The lowest BCUT2D eigenvalue weighted by Gasteiger charge is -2.55. The van der Waals surface area contributed by atoms with Crippen molar-refractivity contribution in [1.82, 2.24) is 39.9 Å². The number of ether oxygens (including phenoxy) is 2. The predicted molar refractivity (Wildman–Crippen MR) is 331 cm³/mol. The summed E-state index contributed by atoms with van der Waals surface area (Å²) in [7, 11) is 10.9. The molecule has 4 aromatic carbocycles. The number of anilines is 4. The van der Waals surface area contributed by atoms with Gasteiger partial charge < -0.3 is 34.0 Å². The van der Waals surface area contributed by atoms with E-state index in [9.17, 15) is 9.59 Å². The van der Waals surface area contributed by atoms with Gasteiger partial charge in [0.2, 0.25) is 0 Å². The first-order valence-electron chi connectivity index (χ1n) is 30.7. The van der Waals surface area contributed by atoms with Crippen LogP contribution in [-0.4, -0.2) is 172 Å². The number of benzene rings is 4. The first kappa shape index (κ1) is 56.5. The Balaban J connectivity index is 0.713. The second-order valence-corrected chi connectivity index (χ2v) is 26.4. The van der Waals surface area contributed by atoms with Gasteiger partial charge >= 0.3 is 12.0 Å². The van der Waals surface area contributed by atoms with E-state index in [4.69, 9.17) is 62.3 Å². The van der Waals surface area contributed by atoms with Gasteiger partial charge in [0, 0.05) is 105 Å². The highest BCUT2D eigenvalue weighted by Gasteiger charge is 2.63. The number of fused-ring (bicyclic) bond motifs is 6. The zero-order chi connectivity index (χ0) is 58.5. The molecular weight excluding hydrogens is 1120 g/mol. The first-order valence-corrected chi connectivity index (χ1v) is 31.5. The van der Waals surface area contributed by atoms with Crippen molar-refractivity contribution in [3.05, 3.63) is 105 Å². The number of aromatic nitrogens is 4. The number of amides is 2. The predicted octanol–water partition coefficient (Wildman–Crippen LogP) is 9.21. The van der Waals surface area contributed by atoms with Crippen LogP contribution in [0.4, 0.5) is 23.0 Å². The number of halogens is 2. The highest BCUT2D eigenvalue weighted by molar-refractivity contribution is 6.37. The van der Waals surface area contributed by atoms with Crippen LogP contribution in [0.15, 0.2) is 66.7 Å². The Labute approximate surface area is 508 Å². The molecular formula is C65H78Cl2N12O6. The van der Waals surface area contributed by atoms with Gasteiger partial charge in [-0.2, -0.15) is 19.9 Å². The summed E-state index contributed by atoms with van der Waals surface area (Å²) in [5, 5.41) is 8.63. The molecule has 0 spiro atoms. The molecule has 6 aromatic rings. The molecule has 0 bridgehead atoms. The number of likely N-dealkylation sites (tertiary alicyclic amines) is 2. The molecule has 14 rings (SSSR count). The third-order valence-electron chi connectivity index (χ3n) is 21.2. The van der Waals surface area contributed by atoms with Crippen molar-refractivity contribution in [3.63, 3.8) is 0 Å². The number of carbonyl (C=O) groups is 2. The molecule has 1 unspecified atom stereocenters. The minimum absolute atomic E-state index is 0.0619. The summed E-state index contributed by atoms with van der Waals surface area (Å²) in [5.74, 6) is 2.68. The van der Waals surface area contributed by atoms with Crippen LogP contribution in [0.25, 0.3) is 21.5 Å². The molecule has 7 atom stereocenters. The molecule has 85 heavy (non-hydrogen) atoms. The molecule has 448 valence electrons. The molecule has 8 heterocycles. The number of nitrogens with zero attached hydrogens (tertiary/aromatic N) is 12. The average Bonchev–Trinajstić information content (AvgIpc) is 1.87. The molecule has 4 saturated heterocycles. The highest BCUT2D eigenvalue weighted by atomic mass is 35.5. The zero-order valence-electron chi connectivity index (χ0n) is 49.9. The van der Waals surface area contributed by atoms with Crippen LogP contribution in [0.1, 0.15) is 85.4 Å². The van der Waals surface area contributed by atoms with Gasteiger partial charge in [-0.15, -0.1) is 0 Å². The maximum Gasteiger partial charge on any atom is 0.318 e. The highest BCUT2D eigenvalue weighted by Crippen LogP contribution is 2.60. The molecule has 2 aliphatic carbocycles. The van der Waals surface area contributed by atoms with Gasteiger partial charge in [0.1, 0.15) is 24.8 Å². The van der Waals surface area contributed by atoms with Gasteiger partial charge in [-0.3, -0.25) is 24.2 Å². The van der Waals surface area contributed by atoms with E-state index in [2.05, 4.69) is 98.1 Å². The second-order valence-electron chi connectivity index (χ2n) is 25.5. The number of hydrogen-bond acceptors (Lipinski definition) is 16. The fourth-order valence-electron chi connectivity index (χ4n) is 15.9. The van der Waals surface area contributed by atoms with Crippen molar-refractivity contribution in [2.75, 3.05) is 128 Å². The second kappa shape index (κ2) is 22.5. The van der Waals surface area contributed by atoms with E-state index in [1.54, 1.807) is 28.3 Å². The van der Waals surface area contributed by atoms with Crippen LogP contribution in [0, 0.1) is 22.7 Å². The van der Waals surface area contributed by atoms with Crippen molar-refractivity contribution in [1.29, 1.82) is 0 Å². The molecule has 2 amide bonds. The molecule has 8 aliphatic rings. The molecule has 0 N–H and O–H groups in total. The fourth-order valence-corrected chi connectivity index (χ4v) is 16.5. The van der Waals surface area contributed by atoms with Crippen LogP contribution in [0.2, 0.25) is 10.0 Å². The van der Waals surface area contributed by atoms with E-state index >= 15 is 0 Å². The van der Waals surface area contributed by atoms with Crippen molar-refractivity contribution in [3.8, 4) is 12.0 Å². The van der Waals surface area contributed by atoms with E-state index in [1.807, 2.05) is 12.1 Å². The quantitative estimate of drug-likeness (QED) is 0.0899. The Hall–Kier alpha value is -6.28. The molecule has 6 aliphatic heterocycles. The maximum absolute atomic E-state index is 13.7.